The summed E-state index contributed by atoms with van der Waals surface area (Å²) in [4.78, 5) is 1.37. The van der Waals surface area contributed by atoms with Gasteiger partial charge >= 0.3 is 0 Å². The first-order chi connectivity index (χ1) is 11.0. The molecule has 1 N–H and O–H groups in total. The summed E-state index contributed by atoms with van der Waals surface area (Å²) in [7, 11) is 3.32. The number of nitrogens with one attached hydrogen (secondary N) is 1. The maximum atomic E-state index is 5.34. The summed E-state index contributed by atoms with van der Waals surface area (Å²) in [6, 6.07) is 10.3. The Morgan fingerprint density at radius 2 is 1.52 bits per heavy atom. The molecule has 0 bridgehead atoms. The second kappa shape index (κ2) is 6.13. The molecule has 0 fully saturated rings. The lowest BCUT2D eigenvalue weighted by molar-refractivity contribution is 0.395. The predicted molar refractivity (Wildman–Crippen MR) is 98.9 cm³/mol. The lowest BCUT2D eigenvalue weighted by atomic mass is 10.1. The molecule has 0 saturated heterocycles. The molecule has 0 aliphatic carbocycles. The highest BCUT2D eigenvalue weighted by atomic mass is 32.1. The zero-order chi connectivity index (χ0) is 16.6. The molecule has 0 aliphatic heterocycles. The Labute approximate surface area is 140 Å². The molecular weight excluding hydrogens is 306 g/mol. The van der Waals surface area contributed by atoms with Gasteiger partial charge < -0.3 is 14.8 Å². The summed E-state index contributed by atoms with van der Waals surface area (Å²) < 4.78 is 12.0. The third-order valence-electron chi connectivity index (χ3n) is 4.15. The summed E-state index contributed by atoms with van der Waals surface area (Å²) in [5.74, 6) is 1.54. The molecule has 0 amide bonds. The highest BCUT2D eigenvalue weighted by Crippen LogP contribution is 2.36. The van der Waals surface area contributed by atoms with Crippen molar-refractivity contribution < 1.29 is 9.47 Å². The van der Waals surface area contributed by atoms with Gasteiger partial charge in [0.15, 0.2) is 0 Å². The first kappa shape index (κ1) is 15.7. The van der Waals surface area contributed by atoms with E-state index in [1.807, 2.05) is 29.5 Å². The molecule has 0 saturated carbocycles. The van der Waals surface area contributed by atoms with Crippen molar-refractivity contribution >= 4 is 32.8 Å². The average molecular weight is 327 g/mol. The number of anilines is 2. The Balaban J connectivity index is 2.02. The lowest BCUT2D eigenvalue weighted by Gasteiger charge is -2.13. The molecule has 3 rings (SSSR count). The van der Waals surface area contributed by atoms with Crippen LogP contribution < -0.4 is 14.8 Å². The van der Waals surface area contributed by atoms with Crippen LogP contribution in [0.25, 0.3) is 10.1 Å². The van der Waals surface area contributed by atoms with E-state index in [4.69, 9.17) is 9.47 Å². The van der Waals surface area contributed by atoms with Crippen LogP contribution in [0.3, 0.4) is 0 Å². The van der Waals surface area contributed by atoms with Crippen LogP contribution in [0, 0.1) is 20.8 Å². The second-order valence-electron chi connectivity index (χ2n) is 5.67. The van der Waals surface area contributed by atoms with Crippen LogP contribution in [0.2, 0.25) is 0 Å². The molecule has 1 aromatic heterocycles. The van der Waals surface area contributed by atoms with Crippen molar-refractivity contribution in [1.82, 2.24) is 0 Å². The minimum atomic E-state index is 0.772. The molecule has 0 unspecified atom stereocenters. The molecule has 0 atom stereocenters. The first-order valence-corrected chi connectivity index (χ1v) is 8.34. The Kier molecular flexibility index (Phi) is 4.18. The lowest BCUT2D eigenvalue weighted by Crippen LogP contribution is -1.95. The van der Waals surface area contributed by atoms with Gasteiger partial charge in [-0.3, -0.25) is 0 Å². The summed E-state index contributed by atoms with van der Waals surface area (Å²) in [5, 5.41) is 4.84. The largest absolute Gasteiger partial charge is 0.497 e. The fraction of sp³-hybridized carbons (Fsp3) is 0.263. The number of rotatable bonds is 4. The van der Waals surface area contributed by atoms with Gasteiger partial charge in [-0.15, -0.1) is 11.3 Å². The van der Waals surface area contributed by atoms with Crippen LogP contribution in [0.4, 0.5) is 11.4 Å². The van der Waals surface area contributed by atoms with Crippen molar-refractivity contribution in [3.05, 3.63) is 46.3 Å². The van der Waals surface area contributed by atoms with Crippen LogP contribution >= 0.6 is 11.3 Å². The number of fused-ring (bicyclic) bond motifs is 1. The summed E-state index contributed by atoms with van der Waals surface area (Å²) in [6.07, 6.45) is 0. The van der Waals surface area contributed by atoms with Gasteiger partial charge in [-0.05, 0) is 49.4 Å². The van der Waals surface area contributed by atoms with Gasteiger partial charge in [0.1, 0.15) is 11.5 Å². The Morgan fingerprint density at radius 1 is 0.870 bits per heavy atom. The maximum Gasteiger partial charge on any atom is 0.124 e. The third-order valence-corrected chi connectivity index (χ3v) is 5.32. The zero-order valence-corrected chi connectivity index (χ0v) is 14.9. The standard InChI is InChI=1S/C19H21NO2S/c1-11-6-17-12(2)13(3)23-19(17)10-18(11)20-14-7-15(21-4)9-16(8-14)22-5/h6-10,20H,1-5H3. The van der Waals surface area contributed by atoms with Gasteiger partial charge in [-0.25, -0.2) is 0 Å². The Morgan fingerprint density at radius 3 is 2.13 bits per heavy atom. The molecule has 3 nitrogen and oxygen atoms in total. The molecule has 1 heterocycles. The minimum absolute atomic E-state index is 0.772. The second-order valence-corrected chi connectivity index (χ2v) is 6.93. The number of benzene rings is 2. The summed E-state index contributed by atoms with van der Waals surface area (Å²) in [6.45, 7) is 6.49. The summed E-state index contributed by atoms with van der Waals surface area (Å²) in [5.41, 5.74) is 4.66. The van der Waals surface area contributed by atoms with Crippen LogP contribution in [-0.2, 0) is 0 Å². The highest BCUT2D eigenvalue weighted by molar-refractivity contribution is 7.19. The van der Waals surface area contributed by atoms with E-state index in [0.717, 1.165) is 22.9 Å². The molecule has 3 aromatic rings. The Bertz CT molecular complexity index is 845. The molecule has 2 aromatic carbocycles. The smallest absolute Gasteiger partial charge is 0.124 e. The van der Waals surface area contributed by atoms with E-state index < -0.39 is 0 Å². The number of hydrogen-bond acceptors (Lipinski definition) is 4. The van der Waals surface area contributed by atoms with Crippen LogP contribution in [-0.4, -0.2) is 14.2 Å². The predicted octanol–water partition coefficient (Wildman–Crippen LogP) is 5.59. The molecular formula is C19H21NO2S. The quantitative estimate of drug-likeness (QED) is 0.678. The van der Waals surface area contributed by atoms with Crippen molar-refractivity contribution in [2.24, 2.45) is 0 Å². The Hall–Kier alpha value is -2.20. The van der Waals surface area contributed by atoms with Gasteiger partial charge in [-0.1, -0.05) is 0 Å². The van der Waals surface area contributed by atoms with E-state index in [1.165, 1.54) is 26.1 Å². The van der Waals surface area contributed by atoms with Crippen LogP contribution in [0.1, 0.15) is 16.0 Å². The number of methoxy groups -OCH3 is 2. The van der Waals surface area contributed by atoms with Crippen LogP contribution in [0.15, 0.2) is 30.3 Å². The monoisotopic (exact) mass is 327 g/mol. The number of thiophene rings is 1. The summed E-state index contributed by atoms with van der Waals surface area (Å²) >= 11 is 1.84. The molecule has 23 heavy (non-hydrogen) atoms. The molecule has 4 heteroatoms. The average Bonchev–Trinajstić information content (AvgIpc) is 2.82. The SMILES string of the molecule is COc1cc(Nc2cc3sc(C)c(C)c3cc2C)cc(OC)c1. The van der Waals surface area contributed by atoms with Gasteiger partial charge in [0.25, 0.3) is 0 Å². The zero-order valence-electron chi connectivity index (χ0n) is 14.1. The van der Waals surface area contributed by atoms with Crippen molar-refractivity contribution in [3.8, 4) is 11.5 Å². The number of ether oxygens (including phenoxy) is 2. The van der Waals surface area contributed by atoms with E-state index in [9.17, 15) is 0 Å². The first-order valence-electron chi connectivity index (χ1n) is 7.52. The van der Waals surface area contributed by atoms with Gasteiger partial charge in [0.2, 0.25) is 0 Å². The van der Waals surface area contributed by atoms with Gasteiger partial charge in [0, 0.05) is 39.2 Å². The van der Waals surface area contributed by atoms with Gasteiger partial charge in [0.05, 0.1) is 14.2 Å². The van der Waals surface area contributed by atoms with E-state index in [1.54, 1.807) is 14.2 Å². The fourth-order valence-corrected chi connectivity index (χ4v) is 3.76. The topological polar surface area (TPSA) is 30.5 Å². The number of aryl methyl sites for hydroxylation is 3. The minimum Gasteiger partial charge on any atom is -0.497 e. The molecule has 0 spiro atoms. The van der Waals surface area contributed by atoms with Crippen molar-refractivity contribution in [1.29, 1.82) is 0 Å². The van der Waals surface area contributed by atoms with Crippen molar-refractivity contribution in [2.45, 2.75) is 20.8 Å². The fourth-order valence-electron chi connectivity index (χ4n) is 2.67. The highest BCUT2D eigenvalue weighted by Gasteiger charge is 2.09. The number of hydrogen-bond donors (Lipinski definition) is 1. The van der Waals surface area contributed by atoms with Crippen molar-refractivity contribution in [3.63, 3.8) is 0 Å². The van der Waals surface area contributed by atoms with E-state index in [-0.39, 0.29) is 0 Å². The molecule has 0 radical (unpaired) electrons. The normalized spacial score (nSPS) is 10.8. The van der Waals surface area contributed by atoms with Crippen molar-refractivity contribution in [2.75, 3.05) is 19.5 Å². The maximum absolute atomic E-state index is 5.34. The molecule has 120 valence electrons. The van der Waals surface area contributed by atoms with Gasteiger partial charge in [-0.2, -0.15) is 0 Å². The van der Waals surface area contributed by atoms with E-state index >= 15 is 0 Å². The molecule has 0 aliphatic rings. The van der Waals surface area contributed by atoms with Crippen LogP contribution in [0.5, 0.6) is 11.5 Å². The van der Waals surface area contributed by atoms with E-state index in [2.05, 4.69) is 38.2 Å². The van der Waals surface area contributed by atoms with E-state index in [0.29, 0.717) is 0 Å². The third kappa shape index (κ3) is 2.99.